The van der Waals surface area contributed by atoms with Gasteiger partial charge in [-0.15, -0.1) is 0 Å². The number of aromatic nitrogens is 10. The summed E-state index contributed by atoms with van der Waals surface area (Å²) in [6.07, 6.45) is 0. The maximum atomic E-state index is 5.03. The first-order chi connectivity index (χ1) is 55.5. The van der Waals surface area contributed by atoms with Crippen molar-refractivity contribution in [2.24, 2.45) is 0 Å². The van der Waals surface area contributed by atoms with Crippen LogP contribution in [0, 0.1) is 0 Å². The van der Waals surface area contributed by atoms with Gasteiger partial charge in [0.1, 0.15) is 0 Å². The average molecular weight is 1430 g/mol. The molecule has 0 fully saturated rings. The third-order valence-corrected chi connectivity index (χ3v) is 22.6. The van der Waals surface area contributed by atoms with Crippen LogP contribution < -0.4 is 0 Å². The van der Waals surface area contributed by atoms with E-state index in [0.29, 0.717) is 34.9 Å². The number of nitrogens with zero attached hydrogens (tertiary/aromatic N) is 10. The van der Waals surface area contributed by atoms with E-state index in [4.69, 9.17) is 29.9 Å². The standard InChI is InChI=1S/2C51H31N5/c1-3-14-32(15-4-1)49-52-50(33-16-5-2-6-17-33)54-51(53-49)35-18-11-19-36(30-35)55-43-25-9-8-21-39(43)42-31-34(28-29-45(42)55)37-22-13-27-46-47(37)41-24-12-23-40-38-20-7-10-26-44(38)56(46)48(40)41;1-3-13-32(14-4-1)49-52-50(33-15-5-2-6-16-33)54-51(53-49)36-17-11-18-37(29-36)55-44-23-9-8-20-39(44)42-30-34(25-27-46(42)55)35-26-28-47-43(31-35)41-22-12-21-40-38-19-7-10-24-45(38)56(47)48(40)41/h2*1-31H. The fourth-order valence-electron chi connectivity index (χ4n) is 17.6. The molecule has 0 aliphatic rings. The molecule has 0 N–H and O–H groups in total. The van der Waals surface area contributed by atoms with Gasteiger partial charge in [0.25, 0.3) is 0 Å². The van der Waals surface area contributed by atoms with Crippen molar-refractivity contribution in [3.8, 4) is 102 Å². The second-order valence-electron chi connectivity index (χ2n) is 28.9. The molecule has 112 heavy (non-hydrogen) atoms. The first-order valence-electron chi connectivity index (χ1n) is 37.9. The van der Waals surface area contributed by atoms with Crippen LogP contribution in [0.3, 0.4) is 0 Å². The second kappa shape index (κ2) is 25.2. The molecule has 0 amide bonds. The lowest BCUT2D eigenvalue weighted by atomic mass is 9.97. The van der Waals surface area contributed by atoms with Crippen LogP contribution in [0.2, 0.25) is 0 Å². The molecule has 0 saturated heterocycles. The van der Waals surface area contributed by atoms with Crippen molar-refractivity contribution < 1.29 is 0 Å². The maximum absolute atomic E-state index is 5.03. The Hall–Kier alpha value is -15.3. The van der Waals surface area contributed by atoms with Gasteiger partial charge in [-0.1, -0.05) is 285 Å². The van der Waals surface area contributed by atoms with Crippen LogP contribution in [0.1, 0.15) is 0 Å². The van der Waals surface area contributed by atoms with Crippen molar-refractivity contribution in [2.75, 3.05) is 0 Å². The molecule has 10 heteroatoms. The topological polar surface area (TPSA) is 96.0 Å². The summed E-state index contributed by atoms with van der Waals surface area (Å²) in [5, 5.41) is 15.2. The Morgan fingerprint density at radius 2 is 0.438 bits per heavy atom. The Kier molecular flexibility index (Phi) is 14.1. The number of hydrogen-bond acceptors (Lipinski definition) is 6. The minimum absolute atomic E-state index is 0.633. The fourth-order valence-corrected chi connectivity index (χ4v) is 17.6. The Bertz CT molecular complexity index is 7760. The first kappa shape index (κ1) is 62.9. The largest absolute Gasteiger partial charge is 0.309 e. The van der Waals surface area contributed by atoms with Gasteiger partial charge in [-0.3, -0.25) is 0 Å². The van der Waals surface area contributed by atoms with E-state index in [1.54, 1.807) is 0 Å². The second-order valence-corrected chi connectivity index (χ2v) is 28.9. The predicted molar refractivity (Wildman–Crippen MR) is 461 cm³/mol. The van der Waals surface area contributed by atoms with E-state index in [9.17, 15) is 0 Å². The maximum Gasteiger partial charge on any atom is 0.164 e. The van der Waals surface area contributed by atoms with Crippen LogP contribution in [0.4, 0.5) is 0 Å². The highest BCUT2D eigenvalue weighted by atomic mass is 15.1. The zero-order valence-electron chi connectivity index (χ0n) is 60.3. The smallest absolute Gasteiger partial charge is 0.164 e. The van der Waals surface area contributed by atoms with Crippen molar-refractivity contribution in [1.29, 1.82) is 0 Å². The number of rotatable bonds is 10. The molecule has 0 atom stereocenters. The summed E-state index contributed by atoms with van der Waals surface area (Å²) in [7, 11) is 0. The van der Waals surface area contributed by atoms with Gasteiger partial charge in [0.15, 0.2) is 34.9 Å². The first-order valence-corrected chi connectivity index (χ1v) is 37.9. The van der Waals surface area contributed by atoms with Crippen LogP contribution in [-0.4, -0.2) is 47.8 Å². The Balaban J connectivity index is 0.000000134. The summed E-state index contributed by atoms with van der Waals surface area (Å²) >= 11 is 0. The van der Waals surface area contributed by atoms with E-state index >= 15 is 0 Å². The van der Waals surface area contributed by atoms with Crippen molar-refractivity contribution in [3.63, 3.8) is 0 Å². The molecule has 8 aromatic heterocycles. The quantitative estimate of drug-likeness (QED) is 0.135. The molecule has 0 spiro atoms. The minimum Gasteiger partial charge on any atom is -0.309 e. The number of hydrogen-bond donors (Lipinski definition) is 0. The van der Waals surface area contributed by atoms with E-state index < -0.39 is 0 Å². The minimum atomic E-state index is 0.633. The molecule has 10 nitrogen and oxygen atoms in total. The Labute approximate surface area is 641 Å². The van der Waals surface area contributed by atoms with Gasteiger partial charge in [-0.2, -0.15) is 0 Å². The lowest BCUT2D eigenvalue weighted by Gasteiger charge is -2.12. The molecule has 0 aliphatic heterocycles. The third kappa shape index (κ3) is 9.92. The van der Waals surface area contributed by atoms with E-state index in [1.807, 2.05) is 121 Å². The van der Waals surface area contributed by atoms with Crippen LogP contribution in [0.5, 0.6) is 0 Å². The summed E-state index contributed by atoms with van der Waals surface area (Å²) in [5.74, 6) is 3.86. The van der Waals surface area contributed by atoms with Crippen molar-refractivity contribution in [3.05, 3.63) is 376 Å². The van der Waals surface area contributed by atoms with Gasteiger partial charge in [0, 0.05) is 109 Å². The van der Waals surface area contributed by atoms with Gasteiger partial charge in [-0.05, 0) is 113 Å². The zero-order valence-corrected chi connectivity index (χ0v) is 60.3. The molecule has 0 aliphatic carbocycles. The molecule has 24 rings (SSSR count). The molecule has 0 unspecified atom stereocenters. The lowest BCUT2D eigenvalue weighted by Crippen LogP contribution is -2.01. The van der Waals surface area contributed by atoms with Gasteiger partial charge in [0.05, 0.1) is 55.2 Å². The van der Waals surface area contributed by atoms with Crippen molar-refractivity contribution >= 4 is 120 Å². The summed E-state index contributed by atoms with van der Waals surface area (Å²) in [6, 6.07) is 133. The normalized spacial score (nSPS) is 11.9. The van der Waals surface area contributed by atoms with E-state index in [1.165, 1.54) is 120 Å². The van der Waals surface area contributed by atoms with Gasteiger partial charge < -0.3 is 17.9 Å². The summed E-state index contributed by atoms with van der Waals surface area (Å²) in [4.78, 5) is 29.9. The summed E-state index contributed by atoms with van der Waals surface area (Å²) in [6.45, 7) is 0. The highest BCUT2D eigenvalue weighted by Gasteiger charge is 2.24. The van der Waals surface area contributed by atoms with Crippen molar-refractivity contribution in [1.82, 2.24) is 47.8 Å². The fraction of sp³-hybridized carbons (Fsp3) is 0. The van der Waals surface area contributed by atoms with Crippen molar-refractivity contribution in [2.45, 2.75) is 0 Å². The molecule has 0 saturated carbocycles. The molecule has 0 radical (unpaired) electrons. The van der Waals surface area contributed by atoms with Crippen LogP contribution >= 0.6 is 0 Å². The van der Waals surface area contributed by atoms with Gasteiger partial charge in [0.2, 0.25) is 0 Å². The Morgan fingerprint density at radius 3 is 0.893 bits per heavy atom. The SMILES string of the molecule is c1ccc(-c2nc(-c3ccccc3)nc(-c3cccc(-n4c5ccccc5c5cc(-c6ccc7c(c6)c6cccc8c9ccccc9n7c86)ccc54)c3)n2)cc1.c1ccc(-c2nc(-c3ccccc3)nc(-c3cccc(-n4c5ccccc5c5cc(-c6cccc7c6c6cccc8c9ccccc9n7c86)ccc54)c3)n2)cc1. The van der Waals surface area contributed by atoms with Crippen LogP contribution in [0.25, 0.3) is 222 Å². The van der Waals surface area contributed by atoms with E-state index in [0.717, 1.165) is 66.8 Å². The van der Waals surface area contributed by atoms with Gasteiger partial charge >= 0.3 is 0 Å². The molecule has 0 bridgehead atoms. The van der Waals surface area contributed by atoms with E-state index in [2.05, 4.69) is 273 Å². The average Bonchev–Trinajstić information content (AvgIpc) is 1.54. The number of para-hydroxylation sites is 6. The number of fused-ring (bicyclic) bond motifs is 18. The molecule has 8 heterocycles. The third-order valence-electron chi connectivity index (χ3n) is 22.6. The molecule has 520 valence electrons. The molecule has 24 aromatic rings. The highest BCUT2D eigenvalue weighted by Crippen LogP contribution is 2.46. The van der Waals surface area contributed by atoms with Gasteiger partial charge in [-0.25, -0.2) is 29.9 Å². The molecular formula is C102H62N10. The molecular weight excluding hydrogens is 1370 g/mol. The molecule has 16 aromatic carbocycles. The van der Waals surface area contributed by atoms with Crippen LogP contribution in [0.15, 0.2) is 376 Å². The van der Waals surface area contributed by atoms with E-state index in [-0.39, 0.29) is 0 Å². The summed E-state index contributed by atoms with van der Waals surface area (Å²) in [5.41, 5.74) is 24.7. The number of benzene rings is 16. The zero-order chi connectivity index (χ0) is 73.5. The predicted octanol–water partition coefficient (Wildman–Crippen LogP) is 25.6. The van der Waals surface area contributed by atoms with Crippen LogP contribution in [-0.2, 0) is 0 Å². The lowest BCUT2D eigenvalue weighted by molar-refractivity contribution is 1.07. The Morgan fingerprint density at radius 1 is 0.161 bits per heavy atom. The monoisotopic (exact) mass is 1430 g/mol. The summed E-state index contributed by atoms with van der Waals surface area (Å²) < 4.78 is 9.61. The highest BCUT2D eigenvalue weighted by molar-refractivity contribution is 6.27.